The van der Waals surface area contributed by atoms with Crippen LogP contribution in [-0.2, 0) is 9.59 Å². The van der Waals surface area contributed by atoms with Gasteiger partial charge in [0.1, 0.15) is 6.04 Å². The molecule has 2 unspecified atom stereocenters. The summed E-state index contributed by atoms with van der Waals surface area (Å²) in [5.41, 5.74) is 5.75. The van der Waals surface area contributed by atoms with E-state index in [1.54, 1.807) is 37.1 Å². The molecule has 22 heavy (non-hydrogen) atoms. The number of amides is 2. The van der Waals surface area contributed by atoms with E-state index in [4.69, 9.17) is 5.73 Å². The molecule has 0 saturated carbocycles. The lowest BCUT2D eigenvalue weighted by molar-refractivity contribution is -0.143. The first-order valence-corrected chi connectivity index (χ1v) is 7.78. The van der Waals surface area contributed by atoms with Crippen molar-refractivity contribution in [2.75, 3.05) is 26.7 Å². The van der Waals surface area contributed by atoms with Crippen molar-refractivity contribution < 1.29 is 9.59 Å². The summed E-state index contributed by atoms with van der Waals surface area (Å²) in [5.74, 6) is -0.156. The zero-order valence-electron chi connectivity index (χ0n) is 13.3. The predicted molar refractivity (Wildman–Crippen MR) is 83.0 cm³/mol. The van der Waals surface area contributed by atoms with Gasteiger partial charge in [-0.3, -0.25) is 14.3 Å². The molecule has 1 aliphatic heterocycles. The number of piperidine rings is 1. The van der Waals surface area contributed by atoms with Crippen LogP contribution in [-0.4, -0.2) is 64.1 Å². The Balaban J connectivity index is 1.94. The number of likely N-dealkylation sites (tertiary alicyclic amines) is 1. The maximum absolute atomic E-state index is 12.4. The molecule has 1 aromatic rings. The van der Waals surface area contributed by atoms with Crippen LogP contribution in [0.2, 0.25) is 0 Å². The maximum Gasteiger partial charge on any atom is 0.247 e. The summed E-state index contributed by atoms with van der Waals surface area (Å²) < 4.78 is 1.59. The first-order chi connectivity index (χ1) is 10.5. The Morgan fingerprint density at radius 1 is 1.45 bits per heavy atom. The summed E-state index contributed by atoms with van der Waals surface area (Å²) in [5, 5.41) is 4.07. The van der Waals surface area contributed by atoms with Crippen LogP contribution in [0.4, 0.5) is 0 Å². The van der Waals surface area contributed by atoms with Crippen molar-refractivity contribution in [2.24, 2.45) is 5.73 Å². The summed E-state index contributed by atoms with van der Waals surface area (Å²) in [6.07, 6.45) is 6.44. The number of carbonyl (C=O) groups excluding carboxylic acids is 2. The number of aromatic nitrogens is 2. The molecule has 2 amide bonds. The van der Waals surface area contributed by atoms with Gasteiger partial charge in [0, 0.05) is 38.6 Å². The molecule has 0 bridgehead atoms. The number of nitrogens with two attached hydrogens (primary N) is 1. The largest absolute Gasteiger partial charge is 0.337 e. The van der Waals surface area contributed by atoms with E-state index in [1.807, 2.05) is 4.90 Å². The fourth-order valence-electron chi connectivity index (χ4n) is 2.89. The molecule has 0 aromatic carbocycles. The summed E-state index contributed by atoms with van der Waals surface area (Å²) in [6, 6.07) is 1.46. The van der Waals surface area contributed by atoms with E-state index in [0.29, 0.717) is 6.54 Å². The van der Waals surface area contributed by atoms with Crippen molar-refractivity contribution in [1.29, 1.82) is 0 Å². The molecular formula is C15H25N5O2. The van der Waals surface area contributed by atoms with Crippen molar-refractivity contribution in [3.05, 3.63) is 18.5 Å². The third kappa shape index (κ3) is 3.65. The number of hydrogen-bond donors (Lipinski definition) is 1. The number of carbonyl (C=O) groups is 2. The molecule has 0 radical (unpaired) electrons. The van der Waals surface area contributed by atoms with Gasteiger partial charge in [-0.05, 0) is 32.3 Å². The number of hydrogen-bond acceptors (Lipinski definition) is 4. The van der Waals surface area contributed by atoms with E-state index in [0.717, 1.165) is 25.8 Å². The topological polar surface area (TPSA) is 84.5 Å². The molecule has 2 N–H and O–H groups in total. The minimum Gasteiger partial charge on any atom is -0.337 e. The highest BCUT2D eigenvalue weighted by atomic mass is 16.2. The van der Waals surface area contributed by atoms with Crippen LogP contribution in [0.25, 0.3) is 0 Å². The zero-order chi connectivity index (χ0) is 16.1. The monoisotopic (exact) mass is 307 g/mol. The lowest BCUT2D eigenvalue weighted by atomic mass is 10.0. The van der Waals surface area contributed by atoms with E-state index < -0.39 is 6.04 Å². The predicted octanol–water partition coefficient (Wildman–Crippen LogP) is 0.242. The molecular weight excluding hydrogens is 282 g/mol. The Morgan fingerprint density at radius 3 is 2.86 bits per heavy atom. The molecule has 2 rings (SSSR count). The Morgan fingerprint density at radius 2 is 2.23 bits per heavy atom. The van der Waals surface area contributed by atoms with Crippen LogP contribution in [0.15, 0.2) is 18.5 Å². The second-order valence-corrected chi connectivity index (χ2v) is 5.83. The average molecular weight is 307 g/mol. The van der Waals surface area contributed by atoms with Gasteiger partial charge in [-0.15, -0.1) is 0 Å². The van der Waals surface area contributed by atoms with Crippen molar-refractivity contribution in [3.63, 3.8) is 0 Å². The van der Waals surface area contributed by atoms with Gasteiger partial charge >= 0.3 is 0 Å². The Kier molecular flexibility index (Phi) is 5.54. The second kappa shape index (κ2) is 7.40. The lowest BCUT2D eigenvalue weighted by Crippen LogP contribution is -2.51. The van der Waals surface area contributed by atoms with Crippen LogP contribution in [0.5, 0.6) is 0 Å². The van der Waals surface area contributed by atoms with Crippen molar-refractivity contribution in [1.82, 2.24) is 19.6 Å². The highest BCUT2D eigenvalue weighted by Crippen LogP contribution is 2.17. The first-order valence-electron chi connectivity index (χ1n) is 7.78. The zero-order valence-corrected chi connectivity index (χ0v) is 13.3. The molecule has 2 atom stereocenters. The summed E-state index contributed by atoms with van der Waals surface area (Å²) >= 11 is 0. The quantitative estimate of drug-likeness (QED) is 0.844. The molecule has 1 aromatic heterocycles. The van der Waals surface area contributed by atoms with E-state index >= 15 is 0 Å². The van der Waals surface area contributed by atoms with Gasteiger partial charge in [0.05, 0.1) is 6.54 Å². The molecule has 7 nitrogen and oxygen atoms in total. The molecule has 0 spiro atoms. The van der Waals surface area contributed by atoms with Crippen LogP contribution < -0.4 is 5.73 Å². The fourth-order valence-corrected chi connectivity index (χ4v) is 2.89. The summed E-state index contributed by atoms with van der Waals surface area (Å²) in [7, 11) is 1.65. The molecule has 122 valence electrons. The molecule has 7 heteroatoms. The molecule has 1 fully saturated rings. The van der Waals surface area contributed by atoms with Crippen LogP contribution in [0.1, 0.15) is 32.2 Å². The third-order valence-corrected chi connectivity index (χ3v) is 4.25. The third-order valence-electron chi connectivity index (χ3n) is 4.25. The van der Waals surface area contributed by atoms with Crippen molar-refractivity contribution in [3.8, 4) is 0 Å². The molecule has 2 heterocycles. The fraction of sp³-hybridized carbons (Fsp3) is 0.667. The molecule has 1 aliphatic rings. The number of rotatable bonds is 5. The summed E-state index contributed by atoms with van der Waals surface area (Å²) in [4.78, 5) is 28.1. The van der Waals surface area contributed by atoms with Gasteiger partial charge in [-0.25, -0.2) is 0 Å². The van der Waals surface area contributed by atoms with E-state index in [1.165, 1.54) is 4.90 Å². The minimum absolute atomic E-state index is 0.0290. The number of nitrogens with zero attached hydrogens (tertiary/aromatic N) is 4. The SMILES string of the molecule is CC(C(=O)N(C)CC(=O)N1CCCCC1CN)n1cccn1. The van der Waals surface area contributed by atoms with Crippen LogP contribution in [0, 0.1) is 0 Å². The van der Waals surface area contributed by atoms with E-state index in [9.17, 15) is 9.59 Å². The second-order valence-electron chi connectivity index (χ2n) is 5.83. The van der Waals surface area contributed by atoms with E-state index in [2.05, 4.69) is 5.10 Å². The molecule has 0 aliphatic carbocycles. The maximum atomic E-state index is 12.4. The standard InChI is InChI=1S/C15H25N5O2/c1-12(20-9-5-7-17-20)15(22)18(2)11-14(21)19-8-4-3-6-13(19)10-16/h5,7,9,12-13H,3-4,6,8,10-11,16H2,1-2H3. The Hall–Kier alpha value is -1.89. The summed E-state index contributed by atoms with van der Waals surface area (Å²) in [6.45, 7) is 3.07. The molecule has 1 saturated heterocycles. The van der Waals surface area contributed by atoms with Gasteiger partial charge in [0.2, 0.25) is 11.8 Å². The van der Waals surface area contributed by atoms with Gasteiger partial charge in [-0.1, -0.05) is 0 Å². The van der Waals surface area contributed by atoms with E-state index in [-0.39, 0.29) is 24.4 Å². The van der Waals surface area contributed by atoms with Gasteiger partial charge in [-0.2, -0.15) is 5.10 Å². The van der Waals surface area contributed by atoms with Gasteiger partial charge in [0.25, 0.3) is 0 Å². The van der Waals surface area contributed by atoms with Crippen molar-refractivity contribution in [2.45, 2.75) is 38.3 Å². The normalized spacial score (nSPS) is 19.8. The minimum atomic E-state index is -0.417. The first kappa shape index (κ1) is 16.5. The smallest absolute Gasteiger partial charge is 0.247 e. The average Bonchev–Trinajstić information content (AvgIpc) is 3.07. The Labute approximate surface area is 131 Å². The Bertz CT molecular complexity index is 502. The highest BCUT2D eigenvalue weighted by molar-refractivity contribution is 5.86. The van der Waals surface area contributed by atoms with Gasteiger partial charge in [0.15, 0.2) is 0 Å². The van der Waals surface area contributed by atoms with Gasteiger partial charge < -0.3 is 15.5 Å². The lowest BCUT2D eigenvalue weighted by Gasteiger charge is -2.36. The van der Waals surface area contributed by atoms with Crippen LogP contribution in [0.3, 0.4) is 0 Å². The van der Waals surface area contributed by atoms with Crippen molar-refractivity contribution >= 4 is 11.8 Å². The highest BCUT2D eigenvalue weighted by Gasteiger charge is 2.28. The van der Waals surface area contributed by atoms with Crippen LogP contribution >= 0.6 is 0 Å². The number of likely N-dealkylation sites (N-methyl/N-ethyl adjacent to an activating group) is 1.